The molecular weight excluding hydrogens is 270 g/mol. The molecule has 19 heavy (non-hydrogen) atoms. The lowest BCUT2D eigenvalue weighted by Gasteiger charge is -2.08. The van der Waals surface area contributed by atoms with E-state index < -0.39 is 12.0 Å². The van der Waals surface area contributed by atoms with Crippen LogP contribution in [0.15, 0.2) is 36.9 Å². The van der Waals surface area contributed by atoms with Crippen molar-refractivity contribution in [2.75, 3.05) is 12.4 Å². The highest BCUT2D eigenvalue weighted by Crippen LogP contribution is 2.21. The number of nitrogens with zero attached hydrogens (tertiary/aromatic N) is 2. The molecule has 1 N–H and O–H groups in total. The van der Waals surface area contributed by atoms with Gasteiger partial charge in [-0.3, -0.25) is 4.57 Å². The third kappa shape index (κ3) is 2.92. The number of esters is 1. The summed E-state index contributed by atoms with van der Waals surface area (Å²) in [7, 11) is 1.26. The molecule has 6 nitrogen and oxygen atoms in total. The van der Waals surface area contributed by atoms with E-state index in [-0.39, 0.29) is 10.6 Å². The number of imidazole rings is 1. The van der Waals surface area contributed by atoms with Crippen LogP contribution in [0.4, 0.5) is 10.5 Å². The summed E-state index contributed by atoms with van der Waals surface area (Å²) in [6, 6.07) is 4.15. The highest BCUT2D eigenvalue weighted by atomic mass is 35.5. The molecule has 0 saturated heterocycles. The average molecular weight is 280 g/mol. The maximum absolute atomic E-state index is 11.8. The van der Waals surface area contributed by atoms with Crippen molar-refractivity contribution in [1.82, 2.24) is 9.55 Å². The Morgan fingerprint density at radius 3 is 2.84 bits per heavy atom. The van der Waals surface area contributed by atoms with Gasteiger partial charge in [-0.1, -0.05) is 11.6 Å². The standard InChI is InChI=1S/C12H10ClN3O3/c1-19-11(17)9-6-8(2-3-10(9)13)15-12(18)16-5-4-14-7-16/h2-7H,1H3,(H,15,18). The van der Waals surface area contributed by atoms with Gasteiger partial charge in [-0.05, 0) is 18.2 Å². The van der Waals surface area contributed by atoms with Crippen LogP contribution in [0.25, 0.3) is 0 Å². The van der Waals surface area contributed by atoms with Crippen molar-refractivity contribution >= 4 is 29.3 Å². The molecule has 0 spiro atoms. The van der Waals surface area contributed by atoms with Crippen LogP contribution in [0.3, 0.4) is 0 Å². The van der Waals surface area contributed by atoms with Crippen LogP contribution in [0.2, 0.25) is 5.02 Å². The summed E-state index contributed by atoms with van der Waals surface area (Å²) in [6.45, 7) is 0. The first kappa shape index (κ1) is 13.1. The van der Waals surface area contributed by atoms with E-state index in [4.69, 9.17) is 11.6 Å². The predicted octanol–water partition coefficient (Wildman–Crippen LogP) is 2.40. The molecule has 2 aromatic rings. The fourth-order valence-electron chi connectivity index (χ4n) is 1.44. The van der Waals surface area contributed by atoms with Crippen molar-refractivity contribution < 1.29 is 14.3 Å². The monoisotopic (exact) mass is 279 g/mol. The van der Waals surface area contributed by atoms with E-state index in [9.17, 15) is 9.59 Å². The van der Waals surface area contributed by atoms with Gasteiger partial charge in [-0.2, -0.15) is 0 Å². The first-order valence-electron chi connectivity index (χ1n) is 5.29. The van der Waals surface area contributed by atoms with Gasteiger partial charge in [0.25, 0.3) is 0 Å². The number of anilines is 1. The fraction of sp³-hybridized carbons (Fsp3) is 0.0833. The van der Waals surface area contributed by atoms with E-state index >= 15 is 0 Å². The number of benzene rings is 1. The molecule has 0 fully saturated rings. The normalized spacial score (nSPS) is 10.0. The van der Waals surface area contributed by atoms with Gasteiger partial charge in [0.15, 0.2) is 0 Å². The van der Waals surface area contributed by atoms with Gasteiger partial charge in [0, 0.05) is 18.1 Å². The molecule has 0 aliphatic carbocycles. The lowest BCUT2D eigenvalue weighted by atomic mass is 10.2. The largest absolute Gasteiger partial charge is 0.465 e. The third-order valence-electron chi connectivity index (χ3n) is 2.36. The van der Waals surface area contributed by atoms with E-state index in [1.165, 1.54) is 42.5 Å². The minimum atomic E-state index is -0.566. The molecule has 0 aliphatic rings. The van der Waals surface area contributed by atoms with Crippen molar-refractivity contribution in [3.8, 4) is 0 Å². The van der Waals surface area contributed by atoms with Crippen LogP contribution < -0.4 is 5.32 Å². The highest BCUT2D eigenvalue weighted by Gasteiger charge is 2.12. The zero-order valence-corrected chi connectivity index (χ0v) is 10.7. The topological polar surface area (TPSA) is 73.2 Å². The SMILES string of the molecule is COC(=O)c1cc(NC(=O)n2ccnc2)ccc1Cl. The lowest BCUT2D eigenvalue weighted by molar-refractivity contribution is 0.0601. The Morgan fingerprint density at radius 1 is 1.42 bits per heavy atom. The summed E-state index contributed by atoms with van der Waals surface area (Å²) in [5.41, 5.74) is 0.621. The Bertz CT molecular complexity index is 611. The number of methoxy groups -OCH3 is 1. The van der Waals surface area contributed by atoms with Crippen LogP contribution in [0, 0.1) is 0 Å². The Hall–Kier alpha value is -2.34. The first-order valence-corrected chi connectivity index (χ1v) is 5.67. The second-order valence-electron chi connectivity index (χ2n) is 3.59. The fourth-order valence-corrected chi connectivity index (χ4v) is 1.63. The Kier molecular flexibility index (Phi) is 3.82. The second-order valence-corrected chi connectivity index (χ2v) is 3.99. The summed E-state index contributed by atoms with van der Waals surface area (Å²) < 4.78 is 5.87. The Morgan fingerprint density at radius 2 is 2.21 bits per heavy atom. The molecule has 0 radical (unpaired) electrons. The summed E-state index contributed by atoms with van der Waals surface area (Å²) in [5, 5.41) is 2.87. The summed E-state index contributed by atoms with van der Waals surface area (Å²) in [4.78, 5) is 27.0. The molecule has 98 valence electrons. The average Bonchev–Trinajstić information content (AvgIpc) is 2.94. The summed E-state index contributed by atoms with van der Waals surface area (Å²) in [6.07, 6.45) is 4.36. The summed E-state index contributed by atoms with van der Waals surface area (Å²) in [5.74, 6) is -0.566. The highest BCUT2D eigenvalue weighted by molar-refractivity contribution is 6.33. The predicted molar refractivity (Wildman–Crippen MR) is 69.4 cm³/mol. The maximum atomic E-state index is 11.8. The molecule has 2 rings (SSSR count). The molecule has 0 unspecified atom stereocenters. The van der Waals surface area contributed by atoms with Gasteiger partial charge in [0.1, 0.15) is 6.33 Å². The molecule has 0 saturated carbocycles. The smallest absolute Gasteiger partial charge is 0.339 e. The number of rotatable bonds is 2. The molecule has 0 atom stereocenters. The zero-order valence-electron chi connectivity index (χ0n) is 9.96. The molecule has 1 aromatic carbocycles. The third-order valence-corrected chi connectivity index (χ3v) is 2.69. The van der Waals surface area contributed by atoms with Gasteiger partial charge in [-0.15, -0.1) is 0 Å². The van der Waals surface area contributed by atoms with Crippen LogP contribution >= 0.6 is 11.6 Å². The van der Waals surface area contributed by atoms with Crippen LogP contribution in [0.1, 0.15) is 10.4 Å². The van der Waals surface area contributed by atoms with Crippen LogP contribution in [-0.2, 0) is 4.74 Å². The van der Waals surface area contributed by atoms with E-state index in [1.807, 2.05) is 0 Å². The molecule has 1 heterocycles. The van der Waals surface area contributed by atoms with Gasteiger partial charge < -0.3 is 10.1 Å². The molecule has 1 amide bonds. The van der Waals surface area contributed by atoms with Crippen LogP contribution in [-0.4, -0.2) is 28.7 Å². The Balaban J connectivity index is 2.22. The quantitative estimate of drug-likeness (QED) is 0.857. The number of carbonyl (C=O) groups is 2. The number of ether oxygens (including phenoxy) is 1. The lowest BCUT2D eigenvalue weighted by Crippen LogP contribution is -2.18. The molecule has 7 heteroatoms. The van der Waals surface area contributed by atoms with Crippen molar-refractivity contribution in [3.05, 3.63) is 47.5 Å². The van der Waals surface area contributed by atoms with Gasteiger partial charge in [0.05, 0.1) is 17.7 Å². The van der Waals surface area contributed by atoms with E-state index in [2.05, 4.69) is 15.0 Å². The van der Waals surface area contributed by atoms with Gasteiger partial charge in [0.2, 0.25) is 0 Å². The molecule has 0 bridgehead atoms. The van der Waals surface area contributed by atoms with E-state index in [0.29, 0.717) is 5.69 Å². The zero-order chi connectivity index (χ0) is 13.8. The van der Waals surface area contributed by atoms with E-state index in [0.717, 1.165) is 0 Å². The number of hydrogen-bond donors (Lipinski definition) is 1. The second kappa shape index (κ2) is 5.53. The molecule has 1 aromatic heterocycles. The van der Waals surface area contributed by atoms with Crippen molar-refractivity contribution in [2.45, 2.75) is 0 Å². The maximum Gasteiger partial charge on any atom is 0.339 e. The number of carbonyl (C=O) groups excluding carboxylic acids is 2. The van der Waals surface area contributed by atoms with Crippen molar-refractivity contribution in [3.63, 3.8) is 0 Å². The molecule has 0 aliphatic heterocycles. The number of halogens is 1. The number of hydrogen-bond acceptors (Lipinski definition) is 4. The van der Waals surface area contributed by atoms with E-state index in [1.54, 1.807) is 6.07 Å². The van der Waals surface area contributed by atoms with Gasteiger partial charge in [-0.25, -0.2) is 14.6 Å². The van der Waals surface area contributed by atoms with Gasteiger partial charge >= 0.3 is 12.0 Å². The minimum absolute atomic E-state index is 0.188. The first-order chi connectivity index (χ1) is 9.11. The number of aromatic nitrogens is 2. The summed E-state index contributed by atoms with van der Waals surface area (Å²) >= 11 is 5.88. The number of amides is 1. The minimum Gasteiger partial charge on any atom is -0.465 e. The van der Waals surface area contributed by atoms with Crippen LogP contribution in [0.5, 0.6) is 0 Å². The number of nitrogens with one attached hydrogen (secondary N) is 1. The Labute approximate surface area is 114 Å². The van der Waals surface area contributed by atoms with Crippen molar-refractivity contribution in [1.29, 1.82) is 0 Å². The molecular formula is C12H10ClN3O3. The van der Waals surface area contributed by atoms with Crippen molar-refractivity contribution in [2.24, 2.45) is 0 Å².